The fraction of sp³-hybridized carbons (Fsp3) is 1.00. The molecule has 0 radical (unpaired) electrons. The summed E-state index contributed by atoms with van der Waals surface area (Å²) in [6.45, 7) is 0.0149. The molecular formula is C6H10O4. The van der Waals surface area contributed by atoms with Crippen molar-refractivity contribution in [3.63, 3.8) is 0 Å². The topological polar surface area (TPSA) is 51.2 Å². The molecule has 0 aliphatic carbocycles. The summed E-state index contributed by atoms with van der Waals surface area (Å²) in [7, 11) is 1.57. The molecule has 4 atom stereocenters. The number of methoxy groups -OCH3 is 1. The van der Waals surface area contributed by atoms with Gasteiger partial charge < -0.3 is 19.3 Å². The van der Waals surface area contributed by atoms with Crippen LogP contribution in [0.15, 0.2) is 0 Å². The van der Waals surface area contributed by atoms with Crippen molar-refractivity contribution in [1.29, 1.82) is 0 Å². The molecule has 1 N–H and O–H groups in total. The monoisotopic (exact) mass is 146 g/mol. The summed E-state index contributed by atoms with van der Waals surface area (Å²) in [6.07, 6.45) is -0.283. The predicted molar refractivity (Wildman–Crippen MR) is 31.4 cm³/mol. The number of fused-ring (bicyclic) bond motifs is 1. The Hall–Kier alpha value is -0.160. The molecule has 4 nitrogen and oxygen atoms in total. The van der Waals surface area contributed by atoms with E-state index in [2.05, 4.69) is 0 Å². The highest BCUT2D eigenvalue weighted by molar-refractivity contribution is 4.99. The van der Waals surface area contributed by atoms with Crippen LogP contribution in [0.3, 0.4) is 0 Å². The molecule has 0 aromatic carbocycles. The first-order valence-corrected chi connectivity index (χ1v) is 3.31. The lowest BCUT2D eigenvalue weighted by atomic mass is 10.2. The Morgan fingerprint density at radius 3 is 2.60 bits per heavy atom. The first-order chi connectivity index (χ1) is 4.86. The Bertz CT molecular complexity index is 124. The second-order valence-corrected chi connectivity index (χ2v) is 2.53. The summed E-state index contributed by atoms with van der Waals surface area (Å²) >= 11 is 0. The zero-order valence-electron chi connectivity index (χ0n) is 5.69. The first kappa shape index (κ1) is 6.54. The van der Waals surface area contributed by atoms with Crippen LogP contribution in [0, 0.1) is 0 Å². The zero-order chi connectivity index (χ0) is 7.14. The van der Waals surface area contributed by atoms with Gasteiger partial charge in [0.05, 0.1) is 6.61 Å². The van der Waals surface area contributed by atoms with E-state index in [1.165, 1.54) is 0 Å². The van der Waals surface area contributed by atoms with Gasteiger partial charge in [-0.15, -0.1) is 0 Å². The Morgan fingerprint density at radius 1 is 1.40 bits per heavy atom. The molecule has 0 saturated carbocycles. The van der Waals surface area contributed by atoms with E-state index in [1.54, 1.807) is 7.11 Å². The molecule has 0 bridgehead atoms. The highest BCUT2D eigenvalue weighted by atomic mass is 16.8. The van der Waals surface area contributed by atoms with E-state index >= 15 is 0 Å². The lowest BCUT2D eigenvalue weighted by Gasteiger charge is -2.13. The van der Waals surface area contributed by atoms with Crippen molar-refractivity contribution >= 4 is 0 Å². The van der Waals surface area contributed by atoms with Crippen LogP contribution in [-0.2, 0) is 14.2 Å². The third-order valence-corrected chi connectivity index (χ3v) is 1.92. The Morgan fingerprint density at radius 2 is 2.20 bits per heavy atom. The Kier molecular flexibility index (Phi) is 1.42. The number of aliphatic hydroxyl groups excluding tert-OH is 1. The van der Waals surface area contributed by atoms with Gasteiger partial charge in [0.1, 0.15) is 18.3 Å². The molecule has 0 spiro atoms. The van der Waals surface area contributed by atoms with Crippen LogP contribution < -0.4 is 0 Å². The average molecular weight is 146 g/mol. The molecule has 2 fully saturated rings. The maximum absolute atomic E-state index is 8.72. The summed E-state index contributed by atoms with van der Waals surface area (Å²) in [5.74, 6) is 0. The van der Waals surface area contributed by atoms with Crippen LogP contribution in [0.1, 0.15) is 0 Å². The largest absolute Gasteiger partial charge is 0.394 e. The van der Waals surface area contributed by atoms with Crippen molar-refractivity contribution < 1.29 is 19.3 Å². The third kappa shape index (κ3) is 0.769. The van der Waals surface area contributed by atoms with Gasteiger partial charge in [0.2, 0.25) is 0 Å². The molecule has 4 heteroatoms. The molecule has 2 heterocycles. The van der Waals surface area contributed by atoms with Crippen LogP contribution in [0.25, 0.3) is 0 Å². The molecule has 10 heavy (non-hydrogen) atoms. The minimum absolute atomic E-state index is 0.0149. The lowest BCUT2D eigenvalue weighted by Crippen LogP contribution is -2.23. The Labute approximate surface area is 58.7 Å². The number of epoxide rings is 1. The van der Waals surface area contributed by atoms with Gasteiger partial charge >= 0.3 is 0 Å². The van der Waals surface area contributed by atoms with Gasteiger partial charge in [-0.1, -0.05) is 0 Å². The number of ether oxygens (including phenoxy) is 3. The first-order valence-electron chi connectivity index (χ1n) is 3.31. The number of aliphatic hydroxyl groups is 1. The second kappa shape index (κ2) is 2.17. The minimum atomic E-state index is -0.262. The predicted octanol–water partition coefficient (Wildman–Crippen LogP) is -0.883. The molecule has 0 aromatic rings. The fourth-order valence-electron chi connectivity index (χ4n) is 1.32. The molecule has 0 amide bonds. The quantitative estimate of drug-likeness (QED) is 0.514. The molecule has 0 unspecified atom stereocenters. The summed E-state index contributed by atoms with van der Waals surface area (Å²) in [5, 5.41) is 8.72. The van der Waals surface area contributed by atoms with Crippen LogP contribution in [-0.4, -0.2) is 43.4 Å². The third-order valence-electron chi connectivity index (χ3n) is 1.92. The van der Waals surface area contributed by atoms with E-state index in [9.17, 15) is 0 Å². The van der Waals surface area contributed by atoms with E-state index in [4.69, 9.17) is 19.3 Å². The second-order valence-electron chi connectivity index (χ2n) is 2.53. The van der Waals surface area contributed by atoms with E-state index in [-0.39, 0.29) is 31.2 Å². The van der Waals surface area contributed by atoms with Crippen molar-refractivity contribution in [1.82, 2.24) is 0 Å². The minimum Gasteiger partial charge on any atom is -0.394 e. The molecule has 2 saturated heterocycles. The molecule has 2 rings (SSSR count). The van der Waals surface area contributed by atoms with Crippen molar-refractivity contribution in [3.8, 4) is 0 Å². The van der Waals surface area contributed by atoms with Crippen molar-refractivity contribution in [2.75, 3.05) is 13.7 Å². The molecule has 2 aliphatic heterocycles. The maximum atomic E-state index is 8.72. The van der Waals surface area contributed by atoms with Crippen LogP contribution >= 0.6 is 0 Å². The highest BCUT2D eigenvalue weighted by Gasteiger charge is 2.58. The standard InChI is InChI=1S/C6H10O4/c1-8-6-5-4(10-5)3(2-7)9-6/h3-7H,2H2,1H3/t3-,4-,5-,6+/m1/s1. The molecule has 2 aliphatic rings. The summed E-state index contributed by atoms with van der Waals surface area (Å²) in [4.78, 5) is 0. The lowest BCUT2D eigenvalue weighted by molar-refractivity contribution is -0.166. The van der Waals surface area contributed by atoms with Crippen molar-refractivity contribution in [2.24, 2.45) is 0 Å². The number of rotatable bonds is 2. The van der Waals surface area contributed by atoms with Gasteiger partial charge in [-0.3, -0.25) is 0 Å². The van der Waals surface area contributed by atoms with Gasteiger partial charge in [0, 0.05) is 7.11 Å². The average Bonchev–Trinajstić information content (AvgIpc) is 2.67. The van der Waals surface area contributed by atoms with E-state index in [0.717, 1.165) is 0 Å². The Balaban J connectivity index is 1.95. The zero-order valence-corrected chi connectivity index (χ0v) is 5.69. The summed E-state index contributed by atoms with van der Waals surface area (Å²) in [6, 6.07) is 0. The maximum Gasteiger partial charge on any atom is 0.186 e. The summed E-state index contributed by atoms with van der Waals surface area (Å²) in [5.41, 5.74) is 0. The van der Waals surface area contributed by atoms with E-state index in [0.29, 0.717) is 0 Å². The van der Waals surface area contributed by atoms with Gasteiger partial charge in [0.15, 0.2) is 6.29 Å². The van der Waals surface area contributed by atoms with Gasteiger partial charge in [0.25, 0.3) is 0 Å². The van der Waals surface area contributed by atoms with Crippen molar-refractivity contribution in [3.05, 3.63) is 0 Å². The molecule has 58 valence electrons. The van der Waals surface area contributed by atoms with Gasteiger partial charge in [-0.2, -0.15) is 0 Å². The normalized spacial score (nSPS) is 51.0. The number of hydrogen-bond acceptors (Lipinski definition) is 4. The SMILES string of the molecule is CO[C@H]1O[C@H](CO)[C@H]2O[C@@H]12. The van der Waals surface area contributed by atoms with Crippen LogP contribution in [0.5, 0.6) is 0 Å². The fourth-order valence-corrected chi connectivity index (χ4v) is 1.32. The molecule has 0 aromatic heterocycles. The van der Waals surface area contributed by atoms with Crippen molar-refractivity contribution in [2.45, 2.75) is 24.6 Å². The van der Waals surface area contributed by atoms with E-state index in [1.807, 2.05) is 0 Å². The highest BCUT2D eigenvalue weighted by Crippen LogP contribution is 2.38. The smallest absolute Gasteiger partial charge is 0.186 e. The van der Waals surface area contributed by atoms with Crippen LogP contribution in [0.4, 0.5) is 0 Å². The molecular weight excluding hydrogens is 136 g/mol. The van der Waals surface area contributed by atoms with Crippen LogP contribution in [0.2, 0.25) is 0 Å². The van der Waals surface area contributed by atoms with Gasteiger partial charge in [-0.25, -0.2) is 0 Å². The number of hydrogen-bond donors (Lipinski definition) is 1. The summed E-state index contributed by atoms with van der Waals surface area (Å²) < 4.78 is 15.3. The van der Waals surface area contributed by atoms with E-state index < -0.39 is 0 Å². The van der Waals surface area contributed by atoms with Gasteiger partial charge in [-0.05, 0) is 0 Å².